The second-order valence-electron chi connectivity index (χ2n) is 5.31. The zero-order valence-electron chi connectivity index (χ0n) is 11.6. The van der Waals surface area contributed by atoms with Crippen LogP contribution in [-0.2, 0) is 9.53 Å². The maximum Gasteiger partial charge on any atom is 0.329 e. The summed E-state index contributed by atoms with van der Waals surface area (Å²) < 4.78 is 4.82. The third-order valence-electron chi connectivity index (χ3n) is 3.69. The van der Waals surface area contributed by atoms with Crippen LogP contribution in [0.2, 0.25) is 0 Å². The smallest absolute Gasteiger partial charge is 0.329 e. The number of nitrogens with one attached hydrogen (secondary N) is 2. The predicted molar refractivity (Wildman–Crippen MR) is 71.0 cm³/mol. The van der Waals surface area contributed by atoms with Crippen LogP contribution in [0.1, 0.15) is 33.1 Å². The summed E-state index contributed by atoms with van der Waals surface area (Å²) in [6.07, 6.45) is 3.19. The molecule has 1 saturated carbocycles. The van der Waals surface area contributed by atoms with E-state index in [4.69, 9.17) is 9.84 Å². The molecule has 0 aromatic carbocycles. The fourth-order valence-electron chi connectivity index (χ4n) is 2.31. The van der Waals surface area contributed by atoms with Crippen LogP contribution < -0.4 is 10.6 Å². The quantitative estimate of drug-likeness (QED) is 0.634. The van der Waals surface area contributed by atoms with Gasteiger partial charge < -0.3 is 20.5 Å². The van der Waals surface area contributed by atoms with E-state index in [0.29, 0.717) is 12.5 Å². The first-order valence-electron chi connectivity index (χ1n) is 6.83. The van der Waals surface area contributed by atoms with Gasteiger partial charge in [-0.2, -0.15) is 0 Å². The maximum absolute atomic E-state index is 11.6. The van der Waals surface area contributed by atoms with Crippen molar-refractivity contribution in [1.82, 2.24) is 10.6 Å². The molecule has 0 aliphatic heterocycles. The highest BCUT2D eigenvalue weighted by atomic mass is 16.5. The topological polar surface area (TPSA) is 87.7 Å². The highest BCUT2D eigenvalue weighted by Crippen LogP contribution is 2.29. The molecule has 0 saturated heterocycles. The molecule has 3 N–H and O–H groups in total. The van der Waals surface area contributed by atoms with Crippen molar-refractivity contribution in [2.45, 2.75) is 39.2 Å². The van der Waals surface area contributed by atoms with Crippen molar-refractivity contribution in [1.29, 1.82) is 0 Å². The molecular weight excluding hydrogens is 248 g/mol. The fraction of sp³-hybridized carbons (Fsp3) is 0.846. The number of urea groups is 1. The van der Waals surface area contributed by atoms with Gasteiger partial charge in [0.2, 0.25) is 0 Å². The van der Waals surface area contributed by atoms with E-state index in [2.05, 4.69) is 24.5 Å². The molecule has 6 heteroatoms. The Balaban J connectivity index is 2.09. The molecule has 1 rings (SSSR count). The number of amides is 2. The second kappa shape index (κ2) is 7.99. The lowest BCUT2D eigenvalue weighted by molar-refractivity contribution is -0.142. The normalized spacial score (nSPS) is 26.7. The first kappa shape index (κ1) is 15.8. The van der Waals surface area contributed by atoms with Crippen molar-refractivity contribution >= 4 is 12.0 Å². The minimum Gasteiger partial charge on any atom is -0.480 e. The van der Waals surface area contributed by atoms with Crippen LogP contribution in [0.5, 0.6) is 0 Å². The number of hydrogen-bond acceptors (Lipinski definition) is 3. The Bertz CT molecular complexity index is 309. The van der Waals surface area contributed by atoms with Crippen molar-refractivity contribution in [2.24, 2.45) is 11.8 Å². The SMILES string of the molecule is CC1CCC(NC(=O)NCCOCC(=O)O)CC1C. The van der Waals surface area contributed by atoms with E-state index in [-0.39, 0.29) is 25.3 Å². The third-order valence-corrected chi connectivity index (χ3v) is 3.69. The van der Waals surface area contributed by atoms with Gasteiger partial charge in [-0.05, 0) is 31.1 Å². The molecule has 0 bridgehead atoms. The van der Waals surface area contributed by atoms with Gasteiger partial charge in [0.15, 0.2) is 0 Å². The number of rotatable bonds is 6. The van der Waals surface area contributed by atoms with Gasteiger partial charge in [-0.3, -0.25) is 0 Å². The second-order valence-corrected chi connectivity index (χ2v) is 5.31. The minimum atomic E-state index is -1.00. The van der Waals surface area contributed by atoms with Gasteiger partial charge in [0.05, 0.1) is 6.61 Å². The molecule has 2 amide bonds. The molecule has 3 atom stereocenters. The number of hydrogen-bond donors (Lipinski definition) is 3. The lowest BCUT2D eigenvalue weighted by Crippen LogP contribution is -2.45. The van der Waals surface area contributed by atoms with Crippen LogP contribution in [0.25, 0.3) is 0 Å². The molecular formula is C13H24N2O4. The van der Waals surface area contributed by atoms with Gasteiger partial charge in [-0.25, -0.2) is 9.59 Å². The van der Waals surface area contributed by atoms with E-state index in [9.17, 15) is 9.59 Å². The van der Waals surface area contributed by atoms with E-state index in [1.165, 1.54) is 0 Å². The van der Waals surface area contributed by atoms with Crippen LogP contribution in [0.3, 0.4) is 0 Å². The van der Waals surface area contributed by atoms with E-state index in [1.54, 1.807) is 0 Å². The summed E-state index contributed by atoms with van der Waals surface area (Å²) in [6.45, 7) is 4.66. The van der Waals surface area contributed by atoms with E-state index in [1.807, 2.05) is 0 Å². The van der Waals surface area contributed by atoms with Crippen LogP contribution in [-0.4, -0.2) is 42.9 Å². The fourth-order valence-corrected chi connectivity index (χ4v) is 2.31. The van der Waals surface area contributed by atoms with Gasteiger partial charge >= 0.3 is 12.0 Å². The molecule has 6 nitrogen and oxygen atoms in total. The van der Waals surface area contributed by atoms with Crippen molar-refractivity contribution < 1.29 is 19.4 Å². The number of aliphatic carboxylic acids is 1. The molecule has 0 heterocycles. The van der Waals surface area contributed by atoms with Gasteiger partial charge in [0.1, 0.15) is 6.61 Å². The highest BCUT2D eigenvalue weighted by Gasteiger charge is 2.25. The first-order chi connectivity index (χ1) is 8.99. The summed E-state index contributed by atoms with van der Waals surface area (Å²) in [5, 5.41) is 14.0. The van der Waals surface area contributed by atoms with Crippen LogP contribution in [0.4, 0.5) is 4.79 Å². The summed E-state index contributed by atoms with van der Waals surface area (Å²) in [5.41, 5.74) is 0. The molecule has 1 fully saturated rings. The Labute approximate surface area is 113 Å². The molecule has 0 spiro atoms. The van der Waals surface area contributed by atoms with Crippen molar-refractivity contribution in [2.75, 3.05) is 19.8 Å². The molecule has 0 aromatic heterocycles. The van der Waals surface area contributed by atoms with E-state index in [0.717, 1.165) is 25.2 Å². The highest BCUT2D eigenvalue weighted by molar-refractivity contribution is 5.74. The van der Waals surface area contributed by atoms with Gasteiger partial charge in [-0.1, -0.05) is 13.8 Å². The van der Waals surface area contributed by atoms with Gasteiger partial charge in [0, 0.05) is 12.6 Å². The molecule has 0 radical (unpaired) electrons. The lowest BCUT2D eigenvalue weighted by Gasteiger charge is -2.32. The molecule has 110 valence electrons. The van der Waals surface area contributed by atoms with Crippen LogP contribution >= 0.6 is 0 Å². The molecule has 3 unspecified atom stereocenters. The zero-order valence-corrected chi connectivity index (χ0v) is 11.6. The van der Waals surface area contributed by atoms with Crippen molar-refractivity contribution in [3.63, 3.8) is 0 Å². The lowest BCUT2D eigenvalue weighted by atomic mass is 9.79. The maximum atomic E-state index is 11.6. The Morgan fingerprint density at radius 2 is 2.00 bits per heavy atom. The molecule has 19 heavy (non-hydrogen) atoms. The Morgan fingerprint density at radius 1 is 1.26 bits per heavy atom. The molecule has 1 aliphatic rings. The summed E-state index contributed by atoms with van der Waals surface area (Å²) in [5.74, 6) is 0.359. The monoisotopic (exact) mass is 272 g/mol. The van der Waals surface area contributed by atoms with Crippen molar-refractivity contribution in [3.05, 3.63) is 0 Å². The first-order valence-corrected chi connectivity index (χ1v) is 6.83. The predicted octanol–water partition coefficient (Wildman–Crippen LogP) is 1.21. The van der Waals surface area contributed by atoms with Gasteiger partial charge in [-0.15, -0.1) is 0 Å². The third kappa shape index (κ3) is 6.42. The zero-order chi connectivity index (χ0) is 14.3. The average Bonchev–Trinajstić information content (AvgIpc) is 2.33. The van der Waals surface area contributed by atoms with Crippen LogP contribution in [0, 0.1) is 11.8 Å². The largest absolute Gasteiger partial charge is 0.480 e. The number of carbonyl (C=O) groups is 2. The van der Waals surface area contributed by atoms with Gasteiger partial charge in [0.25, 0.3) is 0 Å². The van der Waals surface area contributed by atoms with E-state index < -0.39 is 5.97 Å². The number of carbonyl (C=O) groups excluding carboxylic acids is 1. The summed E-state index contributed by atoms with van der Waals surface area (Å²) in [4.78, 5) is 21.8. The molecule has 1 aliphatic carbocycles. The summed E-state index contributed by atoms with van der Waals surface area (Å²) >= 11 is 0. The Kier molecular flexibility index (Phi) is 6.62. The summed E-state index contributed by atoms with van der Waals surface area (Å²) in [6, 6.07) is 0.0387. The van der Waals surface area contributed by atoms with E-state index >= 15 is 0 Å². The standard InChI is InChI=1S/C13H24N2O4/c1-9-3-4-11(7-10(9)2)15-13(18)14-5-6-19-8-12(16)17/h9-11H,3-8H2,1-2H3,(H,16,17)(H2,14,15,18). The molecule has 0 aromatic rings. The number of carboxylic acid groups (broad SMARTS) is 1. The van der Waals surface area contributed by atoms with Crippen molar-refractivity contribution in [3.8, 4) is 0 Å². The number of ether oxygens (including phenoxy) is 1. The summed E-state index contributed by atoms with van der Waals surface area (Å²) in [7, 11) is 0. The minimum absolute atomic E-state index is 0.203. The van der Waals surface area contributed by atoms with Crippen LogP contribution in [0.15, 0.2) is 0 Å². The Hall–Kier alpha value is -1.30. The average molecular weight is 272 g/mol. The Morgan fingerprint density at radius 3 is 2.63 bits per heavy atom. The number of carboxylic acids is 1.